The first-order valence-corrected chi connectivity index (χ1v) is 9.26. The van der Waals surface area contributed by atoms with Crippen molar-refractivity contribution in [3.05, 3.63) is 51.7 Å². The van der Waals surface area contributed by atoms with Gasteiger partial charge in [-0.2, -0.15) is 0 Å². The van der Waals surface area contributed by atoms with Crippen molar-refractivity contribution in [1.29, 1.82) is 0 Å². The molecule has 1 aliphatic heterocycles. The zero-order chi connectivity index (χ0) is 20.3. The molecule has 0 spiro atoms. The standard InChI is InChI=1S/C20H20O7S/c1-23-12-8-7-11(10-13(12)24-2)17-15(19(21)25-3)16(20(22)26-4)18(27-17)14-6-5-9-28-14/h5-10,16,18H,1-4H3/t16-,18+/m1/s1. The molecule has 1 aromatic heterocycles. The molecule has 0 saturated carbocycles. The van der Waals surface area contributed by atoms with Gasteiger partial charge < -0.3 is 23.7 Å². The largest absolute Gasteiger partial charge is 0.493 e. The molecule has 2 atom stereocenters. The lowest BCUT2D eigenvalue weighted by Crippen LogP contribution is -2.26. The summed E-state index contributed by atoms with van der Waals surface area (Å²) in [5, 5.41) is 1.87. The van der Waals surface area contributed by atoms with Crippen LogP contribution in [0.25, 0.3) is 5.76 Å². The molecule has 2 heterocycles. The zero-order valence-electron chi connectivity index (χ0n) is 15.9. The van der Waals surface area contributed by atoms with Crippen molar-refractivity contribution >= 4 is 29.0 Å². The number of esters is 2. The lowest BCUT2D eigenvalue weighted by Gasteiger charge is -2.17. The highest BCUT2D eigenvalue weighted by Gasteiger charge is 2.47. The molecular formula is C20H20O7S. The third kappa shape index (κ3) is 3.43. The molecule has 0 N–H and O–H groups in total. The van der Waals surface area contributed by atoms with E-state index in [-0.39, 0.29) is 11.3 Å². The highest BCUT2D eigenvalue weighted by Crippen LogP contribution is 2.48. The Kier molecular flexibility index (Phi) is 5.89. The number of thiophene rings is 1. The summed E-state index contributed by atoms with van der Waals surface area (Å²) >= 11 is 1.43. The van der Waals surface area contributed by atoms with E-state index >= 15 is 0 Å². The molecule has 0 radical (unpaired) electrons. The maximum Gasteiger partial charge on any atom is 0.338 e. The van der Waals surface area contributed by atoms with Crippen LogP contribution < -0.4 is 9.47 Å². The summed E-state index contributed by atoms with van der Waals surface area (Å²) in [4.78, 5) is 26.0. The van der Waals surface area contributed by atoms with Gasteiger partial charge in [0.1, 0.15) is 11.7 Å². The summed E-state index contributed by atoms with van der Waals surface area (Å²) in [6.07, 6.45) is -0.690. The van der Waals surface area contributed by atoms with Gasteiger partial charge >= 0.3 is 11.9 Å². The normalized spacial score (nSPS) is 18.4. The number of hydrogen-bond donors (Lipinski definition) is 0. The Labute approximate surface area is 166 Å². The van der Waals surface area contributed by atoms with E-state index in [1.54, 1.807) is 18.2 Å². The van der Waals surface area contributed by atoms with Crippen LogP contribution in [0.2, 0.25) is 0 Å². The second kappa shape index (κ2) is 8.35. The third-order valence-corrected chi connectivity index (χ3v) is 5.37. The predicted octanol–water partition coefficient (Wildman–Crippen LogP) is 3.21. The van der Waals surface area contributed by atoms with Crippen LogP contribution in [0.3, 0.4) is 0 Å². The molecule has 1 aliphatic rings. The first-order valence-electron chi connectivity index (χ1n) is 8.38. The van der Waals surface area contributed by atoms with Gasteiger partial charge in [-0.3, -0.25) is 4.79 Å². The maximum absolute atomic E-state index is 12.6. The van der Waals surface area contributed by atoms with Crippen LogP contribution in [0.5, 0.6) is 11.5 Å². The van der Waals surface area contributed by atoms with Crippen LogP contribution >= 0.6 is 11.3 Å². The van der Waals surface area contributed by atoms with Crippen molar-refractivity contribution in [2.45, 2.75) is 6.10 Å². The van der Waals surface area contributed by atoms with Gasteiger partial charge in [0.25, 0.3) is 0 Å². The van der Waals surface area contributed by atoms with Crippen LogP contribution in [-0.2, 0) is 23.8 Å². The first-order chi connectivity index (χ1) is 13.5. The van der Waals surface area contributed by atoms with Gasteiger partial charge in [-0.15, -0.1) is 11.3 Å². The van der Waals surface area contributed by atoms with E-state index in [1.807, 2.05) is 17.5 Å². The van der Waals surface area contributed by atoms with Crippen molar-refractivity contribution in [2.75, 3.05) is 28.4 Å². The Hall–Kier alpha value is -3.00. The number of carbonyl (C=O) groups excluding carboxylic acids is 2. The van der Waals surface area contributed by atoms with Gasteiger partial charge in [-0.25, -0.2) is 4.79 Å². The first kappa shape index (κ1) is 19.8. The minimum Gasteiger partial charge on any atom is -0.493 e. The number of carbonyl (C=O) groups is 2. The molecule has 2 aromatic rings. The number of hydrogen-bond acceptors (Lipinski definition) is 8. The molecular weight excluding hydrogens is 384 g/mol. The molecule has 0 fully saturated rings. The number of rotatable bonds is 6. The maximum atomic E-state index is 12.6. The van der Waals surface area contributed by atoms with Gasteiger partial charge in [0.15, 0.2) is 17.6 Å². The fourth-order valence-corrected chi connectivity index (χ4v) is 3.92. The van der Waals surface area contributed by atoms with Crippen molar-refractivity contribution in [3.8, 4) is 11.5 Å². The second-order valence-electron chi connectivity index (χ2n) is 5.86. The highest BCUT2D eigenvalue weighted by atomic mass is 32.1. The van der Waals surface area contributed by atoms with Crippen LogP contribution in [-0.4, -0.2) is 40.4 Å². The summed E-state index contributed by atoms with van der Waals surface area (Å²) in [6, 6.07) is 8.81. The van der Waals surface area contributed by atoms with Crippen molar-refractivity contribution in [2.24, 2.45) is 5.92 Å². The van der Waals surface area contributed by atoms with E-state index in [9.17, 15) is 9.59 Å². The van der Waals surface area contributed by atoms with Crippen LogP contribution in [0.15, 0.2) is 41.3 Å². The Balaban J connectivity index is 2.17. The van der Waals surface area contributed by atoms with Crippen molar-refractivity contribution < 1.29 is 33.3 Å². The smallest absolute Gasteiger partial charge is 0.338 e. The minimum absolute atomic E-state index is 0.111. The van der Waals surface area contributed by atoms with E-state index in [4.69, 9.17) is 23.7 Å². The Morgan fingerprint density at radius 2 is 1.75 bits per heavy atom. The number of benzene rings is 1. The van der Waals surface area contributed by atoms with Gasteiger partial charge in [0.05, 0.1) is 34.0 Å². The molecule has 3 rings (SSSR count). The summed E-state index contributed by atoms with van der Waals surface area (Å²) in [6.45, 7) is 0. The van der Waals surface area contributed by atoms with Gasteiger partial charge in [0, 0.05) is 10.4 Å². The fourth-order valence-electron chi connectivity index (χ4n) is 3.13. The lowest BCUT2D eigenvalue weighted by molar-refractivity contribution is -0.149. The molecule has 0 amide bonds. The highest BCUT2D eigenvalue weighted by molar-refractivity contribution is 7.10. The molecule has 7 nitrogen and oxygen atoms in total. The molecule has 0 bridgehead atoms. The Bertz CT molecular complexity index is 901. The van der Waals surface area contributed by atoms with Crippen LogP contribution in [0.1, 0.15) is 16.5 Å². The lowest BCUT2D eigenvalue weighted by atomic mass is 9.92. The molecule has 0 unspecified atom stereocenters. The van der Waals surface area contributed by atoms with Crippen LogP contribution in [0.4, 0.5) is 0 Å². The van der Waals surface area contributed by atoms with E-state index < -0.39 is 24.0 Å². The van der Waals surface area contributed by atoms with Gasteiger partial charge in [-0.1, -0.05) is 6.07 Å². The van der Waals surface area contributed by atoms with Gasteiger partial charge in [0.2, 0.25) is 0 Å². The third-order valence-electron chi connectivity index (χ3n) is 4.43. The van der Waals surface area contributed by atoms with Gasteiger partial charge in [-0.05, 0) is 29.6 Å². The number of methoxy groups -OCH3 is 4. The van der Waals surface area contributed by atoms with E-state index in [2.05, 4.69) is 0 Å². The quantitative estimate of drug-likeness (QED) is 0.684. The summed E-state index contributed by atoms with van der Waals surface area (Å²) < 4.78 is 26.6. The Morgan fingerprint density at radius 1 is 1.00 bits per heavy atom. The van der Waals surface area contributed by atoms with Crippen LogP contribution in [0, 0.1) is 5.92 Å². The molecule has 148 valence electrons. The SMILES string of the molecule is COC(=O)C1=C(c2ccc(OC)c(OC)c2)O[C@@H](c2cccs2)[C@@H]1C(=O)OC. The molecule has 1 aromatic carbocycles. The van der Waals surface area contributed by atoms with E-state index in [0.717, 1.165) is 4.88 Å². The molecule has 0 saturated heterocycles. The Morgan fingerprint density at radius 3 is 2.32 bits per heavy atom. The second-order valence-corrected chi connectivity index (χ2v) is 6.84. The van der Waals surface area contributed by atoms with E-state index in [0.29, 0.717) is 17.1 Å². The monoisotopic (exact) mass is 404 g/mol. The molecule has 8 heteroatoms. The average molecular weight is 404 g/mol. The average Bonchev–Trinajstić information content (AvgIpc) is 3.39. The molecule has 28 heavy (non-hydrogen) atoms. The topological polar surface area (TPSA) is 80.3 Å². The summed E-state index contributed by atoms with van der Waals surface area (Å²) in [5.74, 6) is -0.924. The minimum atomic E-state index is -0.945. The summed E-state index contributed by atoms with van der Waals surface area (Å²) in [5.41, 5.74) is 0.672. The number of ether oxygens (including phenoxy) is 5. The van der Waals surface area contributed by atoms with Crippen molar-refractivity contribution in [1.82, 2.24) is 0 Å². The molecule has 0 aliphatic carbocycles. The van der Waals surface area contributed by atoms with E-state index in [1.165, 1.54) is 39.8 Å². The summed E-state index contributed by atoms with van der Waals surface area (Å²) in [7, 11) is 5.58. The zero-order valence-corrected chi connectivity index (χ0v) is 16.7. The predicted molar refractivity (Wildman–Crippen MR) is 102 cm³/mol. The fraction of sp³-hybridized carbons (Fsp3) is 0.300. The van der Waals surface area contributed by atoms with Crippen molar-refractivity contribution in [3.63, 3.8) is 0 Å².